The van der Waals surface area contributed by atoms with Crippen molar-refractivity contribution in [3.63, 3.8) is 0 Å². The Morgan fingerprint density at radius 2 is 1.90 bits per heavy atom. The van der Waals surface area contributed by atoms with Gasteiger partial charge in [-0.1, -0.05) is 12.1 Å². The predicted octanol–water partition coefficient (Wildman–Crippen LogP) is 2.09. The van der Waals surface area contributed by atoms with E-state index in [1.807, 2.05) is 0 Å². The lowest BCUT2D eigenvalue weighted by atomic mass is 10.1. The number of hydrogen-bond acceptors (Lipinski definition) is 8. The molecule has 2 aromatic carbocycles. The van der Waals surface area contributed by atoms with Crippen LogP contribution in [-0.2, 0) is 16.7 Å². The van der Waals surface area contributed by atoms with Gasteiger partial charge >= 0.3 is 16.2 Å². The van der Waals surface area contributed by atoms with Crippen molar-refractivity contribution in [1.29, 1.82) is 0 Å². The number of amides is 1. The number of para-hydroxylation sites is 2. The summed E-state index contributed by atoms with van der Waals surface area (Å²) in [6, 6.07) is 8.86. The number of carbonyl (C=O) groups is 1. The van der Waals surface area contributed by atoms with Gasteiger partial charge in [-0.15, -0.1) is 0 Å². The lowest BCUT2D eigenvalue weighted by Crippen LogP contribution is -2.39. The smallest absolute Gasteiger partial charge is 0.413 e. The normalized spacial score (nSPS) is 10.8. The number of benzene rings is 2. The second-order valence-electron chi connectivity index (χ2n) is 5.44. The van der Waals surface area contributed by atoms with E-state index in [0.29, 0.717) is 4.90 Å². The number of nitro groups is 1. The van der Waals surface area contributed by atoms with Gasteiger partial charge in [-0.3, -0.25) is 10.1 Å². The van der Waals surface area contributed by atoms with Crippen LogP contribution in [0.1, 0.15) is 5.56 Å². The Balaban J connectivity index is 2.44. The summed E-state index contributed by atoms with van der Waals surface area (Å²) >= 11 is 4.61. The van der Waals surface area contributed by atoms with Crippen LogP contribution in [0, 0.1) is 10.1 Å². The first-order valence-electron chi connectivity index (χ1n) is 7.71. The number of hydrogen-bond donors (Lipinski definition) is 2. The summed E-state index contributed by atoms with van der Waals surface area (Å²) in [6.07, 6.45) is -1.51. The van der Waals surface area contributed by atoms with Crippen molar-refractivity contribution in [1.82, 2.24) is 4.90 Å². The fourth-order valence-electron chi connectivity index (χ4n) is 2.27. The minimum Gasteiger partial charge on any atom is -0.493 e. The summed E-state index contributed by atoms with van der Waals surface area (Å²) < 4.78 is 35.1. The van der Waals surface area contributed by atoms with E-state index in [0.717, 1.165) is 18.2 Å². The van der Waals surface area contributed by atoms with Gasteiger partial charge < -0.3 is 19.8 Å². The van der Waals surface area contributed by atoms with E-state index in [4.69, 9.17) is 19.8 Å². The molecule has 0 aliphatic rings. The molecule has 0 unspecified atom stereocenters. The number of carboxylic acid groups (broad SMARTS) is 1. The largest absolute Gasteiger partial charge is 0.493 e. The van der Waals surface area contributed by atoms with Gasteiger partial charge in [-0.05, 0) is 36.5 Å². The van der Waals surface area contributed by atoms with Crippen molar-refractivity contribution < 1.29 is 32.2 Å². The molecule has 154 valence electrons. The quantitative estimate of drug-likeness (QED) is 0.281. The van der Waals surface area contributed by atoms with Crippen LogP contribution < -0.4 is 14.7 Å². The average molecular weight is 441 g/mol. The zero-order valence-electron chi connectivity index (χ0n) is 14.8. The summed E-state index contributed by atoms with van der Waals surface area (Å²) in [5.41, 5.74) is 4.55. The van der Waals surface area contributed by atoms with Crippen LogP contribution in [0.4, 0.5) is 10.5 Å². The van der Waals surface area contributed by atoms with Gasteiger partial charge in [0.15, 0.2) is 16.6 Å². The zero-order valence-corrected chi connectivity index (χ0v) is 16.5. The van der Waals surface area contributed by atoms with Crippen LogP contribution in [0.3, 0.4) is 0 Å². The standard InChI is InChI=1S/C16H15N3O8S2/c1-26-13-4-2-3-5-14(13)27-29(24,25)11-7-6-10(12(8-11)19(22)23)9-18(15(17)28)16(20)21/h2-8H,9H2,1H3,(H2,17,28)(H,20,21). The van der Waals surface area contributed by atoms with E-state index in [1.54, 1.807) is 6.07 Å². The molecule has 13 heteroatoms. The zero-order chi connectivity index (χ0) is 21.8. The summed E-state index contributed by atoms with van der Waals surface area (Å²) in [4.78, 5) is 21.7. The van der Waals surface area contributed by atoms with Crippen LogP contribution >= 0.6 is 12.2 Å². The maximum atomic E-state index is 12.5. The molecule has 0 atom stereocenters. The third-order valence-electron chi connectivity index (χ3n) is 3.64. The van der Waals surface area contributed by atoms with Crippen molar-refractivity contribution in [2.75, 3.05) is 7.11 Å². The maximum Gasteiger partial charge on any atom is 0.413 e. The predicted molar refractivity (Wildman–Crippen MR) is 104 cm³/mol. The number of rotatable bonds is 7. The van der Waals surface area contributed by atoms with E-state index in [-0.39, 0.29) is 17.1 Å². The third kappa shape index (κ3) is 5.08. The Labute approximate surface area is 170 Å². The highest BCUT2D eigenvalue weighted by molar-refractivity contribution is 7.87. The topological polar surface area (TPSA) is 162 Å². The number of thiocarbonyl (C=S) groups is 1. The van der Waals surface area contributed by atoms with Crippen LogP contribution in [-0.4, -0.2) is 41.7 Å². The molecule has 0 bridgehead atoms. The second-order valence-corrected chi connectivity index (χ2v) is 7.41. The maximum absolute atomic E-state index is 12.5. The Bertz CT molecular complexity index is 1060. The molecule has 0 aromatic heterocycles. The number of ether oxygens (including phenoxy) is 1. The van der Waals surface area contributed by atoms with E-state index in [9.17, 15) is 23.3 Å². The molecule has 0 spiro atoms. The minimum absolute atomic E-state index is 0.104. The van der Waals surface area contributed by atoms with Crippen LogP contribution in [0.5, 0.6) is 11.5 Å². The van der Waals surface area contributed by atoms with E-state index in [2.05, 4.69) is 12.2 Å². The average Bonchev–Trinajstić information content (AvgIpc) is 2.65. The first kappa shape index (κ1) is 21.8. The molecular weight excluding hydrogens is 426 g/mol. The highest BCUT2D eigenvalue weighted by Gasteiger charge is 2.26. The highest BCUT2D eigenvalue weighted by atomic mass is 32.2. The Morgan fingerprint density at radius 1 is 1.28 bits per heavy atom. The minimum atomic E-state index is -4.44. The lowest BCUT2D eigenvalue weighted by molar-refractivity contribution is -0.385. The Morgan fingerprint density at radius 3 is 2.41 bits per heavy atom. The molecule has 0 heterocycles. The fourth-order valence-corrected chi connectivity index (χ4v) is 3.37. The van der Waals surface area contributed by atoms with Crippen molar-refractivity contribution in [2.24, 2.45) is 5.73 Å². The Kier molecular flexibility index (Phi) is 6.56. The number of methoxy groups -OCH3 is 1. The van der Waals surface area contributed by atoms with Gasteiger partial charge in [0.2, 0.25) is 0 Å². The summed E-state index contributed by atoms with van der Waals surface area (Å²) in [7, 11) is -3.12. The lowest BCUT2D eigenvalue weighted by Gasteiger charge is -2.17. The van der Waals surface area contributed by atoms with Crippen molar-refractivity contribution in [3.05, 3.63) is 58.1 Å². The molecule has 1 amide bonds. The molecule has 0 aliphatic heterocycles. The molecule has 29 heavy (non-hydrogen) atoms. The van der Waals surface area contributed by atoms with Gasteiger partial charge in [0.1, 0.15) is 4.90 Å². The third-order valence-corrected chi connectivity index (χ3v) is 5.09. The molecule has 0 radical (unpaired) electrons. The molecule has 0 saturated heterocycles. The molecule has 2 aromatic rings. The van der Waals surface area contributed by atoms with Gasteiger partial charge in [0, 0.05) is 11.6 Å². The molecule has 0 fully saturated rings. The molecule has 11 nitrogen and oxygen atoms in total. The number of nitrogens with two attached hydrogens (primary N) is 1. The second kappa shape index (κ2) is 8.70. The molecule has 3 N–H and O–H groups in total. The molecular formula is C16H15N3O8S2. The monoisotopic (exact) mass is 441 g/mol. The van der Waals surface area contributed by atoms with E-state index in [1.165, 1.54) is 25.3 Å². The number of nitro benzene ring substituents is 1. The van der Waals surface area contributed by atoms with Gasteiger partial charge in [-0.25, -0.2) is 9.69 Å². The van der Waals surface area contributed by atoms with Crippen molar-refractivity contribution >= 4 is 39.2 Å². The van der Waals surface area contributed by atoms with Crippen LogP contribution in [0.2, 0.25) is 0 Å². The summed E-state index contributed by atoms with van der Waals surface area (Å²) in [5.74, 6) is 0.0445. The van der Waals surface area contributed by atoms with Crippen LogP contribution in [0.25, 0.3) is 0 Å². The van der Waals surface area contributed by atoms with Crippen molar-refractivity contribution in [2.45, 2.75) is 11.4 Å². The van der Waals surface area contributed by atoms with Gasteiger partial charge in [0.25, 0.3) is 5.69 Å². The molecule has 0 saturated carbocycles. The highest BCUT2D eigenvalue weighted by Crippen LogP contribution is 2.31. The first-order valence-corrected chi connectivity index (χ1v) is 9.53. The van der Waals surface area contributed by atoms with Crippen LogP contribution in [0.15, 0.2) is 47.4 Å². The van der Waals surface area contributed by atoms with E-state index >= 15 is 0 Å². The summed E-state index contributed by atoms with van der Waals surface area (Å²) in [6.45, 7) is -0.533. The van der Waals surface area contributed by atoms with Gasteiger partial charge in [0.05, 0.1) is 18.6 Å². The van der Waals surface area contributed by atoms with Gasteiger partial charge in [-0.2, -0.15) is 8.42 Å². The fraction of sp³-hybridized carbons (Fsp3) is 0.125. The van der Waals surface area contributed by atoms with Crippen molar-refractivity contribution in [3.8, 4) is 11.5 Å². The summed E-state index contributed by atoms with van der Waals surface area (Å²) in [5, 5.41) is 20.0. The first-order chi connectivity index (χ1) is 13.6. The number of nitrogens with zero attached hydrogens (tertiary/aromatic N) is 2. The molecule has 2 rings (SSSR count). The SMILES string of the molecule is COc1ccccc1OS(=O)(=O)c1ccc(CN(C(=O)O)C(N)=S)c([N+](=O)[O-])c1. The Hall–Kier alpha value is -3.45. The van der Waals surface area contributed by atoms with E-state index < -0.39 is 43.4 Å². The molecule has 0 aliphatic carbocycles.